The third-order valence-electron chi connectivity index (χ3n) is 5.43. The van der Waals surface area contributed by atoms with Crippen molar-refractivity contribution in [2.24, 2.45) is 0 Å². The number of aryl methyl sites for hydroxylation is 1. The van der Waals surface area contributed by atoms with E-state index in [1.807, 2.05) is 67.6 Å². The lowest BCUT2D eigenvalue weighted by Crippen LogP contribution is -2.44. The Morgan fingerprint density at radius 3 is 2.23 bits per heavy atom. The molecule has 0 aliphatic carbocycles. The summed E-state index contributed by atoms with van der Waals surface area (Å²) in [5.74, 6) is 0.898. The number of hydrogen-bond acceptors (Lipinski definition) is 5. The molecule has 0 atom stereocenters. The van der Waals surface area contributed by atoms with Crippen molar-refractivity contribution < 1.29 is 4.79 Å². The van der Waals surface area contributed by atoms with Crippen LogP contribution in [0.5, 0.6) is 0 Å². The van der Waals surface area contributed by atoms with Crippen molar-refractivity contribution in [3.63, 3.8) is 0 Å². The molecule has 1 aliphatic rings. The summed E-state index contributed by atoms with van der Waals surface area (Å²) in [6.45, 7) is 6.07. The minimum absolute atomic E-state index is 0.0251. The normalized spacial score (nSPS) is 14.5. The molecule has 1 aliphatic heterocycles. The average Bonchev–Trinajstić information content (AvgIpc) is 2.77. The first kappa shape index (κ1) is 20.0. The van der Waals surface area contributed by atoms with Crippen LogP contribution in [0.2, 0.25) is 0 Å². The van der Waals surface area contributed by atoms with Crippen LogP contribution in [0.15, 0.2) is 60.7 Å². The Balaban J connectivity index is 1.36. The maximum Gasteiger partial charge on any atom is 0.228 e. The van der Waals surface area contributed by atoms with Gasteiger partial charge in [0.2, 0.25) is 5.91 Å². The molecule has 6 nitrogen and oxygen atoms in total. The molecule has 0 bridgehead atoms. The van der Waals surface area contributed by atoms with E-state index in [0.717, 1.165) is 54.5 Å². The Bertz CT molecular complexity index is 976. The Hall–Kier alpha value is -3.25. The summed E-state index contributed by atoms with van der Waals surface area (Å²) in [6.07, 6.45) is 0.362. The van der Waals surface area contributed by atoms with Crippen LogP contribution >= 0.6 is 0 Å². The highest BCUT2D eigenvalue weighted by atomic mass is 16.1. The number of nitrogens with zero attached hydrogens (tertiary/aromatic N) is 4. The van der Waals surface area contributed by atoms with Gasteiger partial charge >= 0.3 is 0 Å². The van der Waals surface area contributed by atoms with E-state index in [2.05, 4.69) is 32.4 Å². The number of benzene rings is 2. The monoisotopic (exact) mass is 401 g/mol. The number of piperazine rings is 1. The average molecular weight is 402 g/mol. The van der Waals surface area contributed by atoms with Crippen molar-refractivity contribution in [2.45, 2.75) is 13.3 Å². The highest BCUT2D eigenvalue weighted by Crippen LogP contribution is 2.21. The molecule has 1 fully saturated rings. The van der Waals surface area contributed by atoms with Gasteiger partial charge in [-0.05, 0) is 43.8 Å². The van der Waals surface area contributed by atoms with Crippen LogP contribution in [0, 0.1) is 6.92 Å². The van der Waals surface area contributed by atoms with Crippen LogP contribution in [-0.4, -0.2) is 54.2 Å². The number of rotatable bonds is 5. The van der Waals surface area contributed by atoms with Gasteiger partial charge in [-0.1, -0.05) is 42.0 Å². The van der Waals surface area contributed by atoms with Crippen molar-refractivity contribution in [3.05, 3.63) is 71.8 Å². The highest BCUT2D eigenvalue weighted by Gasteiger charge is 2.15. The van der Waals surface area contributed by atoms with Crippen molar-refractivity contribution in [2.75, 3.05) is 43.4 Å². The zero-order chi connectivity index (χ0) is 20.9. The van der Waals surface area contributed by atoms with Crippen LogP contribution in [0.3, 0.4) is 0 Å². The third-order valence-corrected chi connectivity index (χ3v) is 5.43. The zero-order valence-corrected chi connectivity index (χ0v) is 17.5. The molecule has 1 saturated heterocycles. The predicted molar refractivity (Wildman–Crippen MR) is 121 cm³/mol. The summed E-state index contributed by atoms with van der Waals surface area (Å²) in [6, 6.07) is 19.8. The van der Waals surface area contributed by atoms with Gasteiger partial charge in [0.25, 0.3) is 0 Å². The minimum Gasteiger partial charge on any atom is -0.353 e. The van der Waals surface area contributed by atoms with Crippen molar-refractivity contribution >= 4 is 17.4 Å². The first-order valence-electron chi connectivity index (χ1n) is 10.3. The first-order valence-corrected chi connectivity index (χ1v) is 10.3. The summed E-state index contributed by atoms with van der Waals surface area (Å²) in [5.41, 5.74) is 4.77. The molecular weight excluding hydrogens is 374 g/mol. The first-order chi connectivity index (χ1) is 14.6. The number of hydrogen-bond donors (Lipinski definition) is 1. The van der Waals surface area contributed by atoms with Gasteiger partial charge in [0.15, 0.2) is 5.82 Å². The summed E-state index contributed by atoms with van der Waals surface area (Å²) >= 11 is 0. The molecule has 2 aromatic carbocycles. The van der Waals surface area contributed by atoms with E-state index in [1.165, 1.54) is 5.56 Å². The predicted octanol–water partition coefficient (Wildman–Crippen LogP) is 3.39. The topological polar surface area (TPSA) is 61.4 Å². The fraction of sp³-hybridized carbons (Fsp3) is 0.292. The molecule has 1 aromatic heterocycles. The van der Waals surface area contributed by atoms with E-state index in [-0.39, 0.29) is 5.91 Å². The van der Waals surface area contributed by atoms with Gasteiger partial charge in [0, 0.05) is 37.4 Å². The molecule has 0 spiro atoms. The maximum absolute atomic E-state index is 12.3. The summed E-state index contributed by atoms with van der Waals surface area (Å²) in [4.78, 5) is 16.9. The molecule has 30 heavy (non-hydrogen) atoms. The number of nitrogens with one attached hydrogen (secondary N) is 1. The number of anilines is 2. The SMILES string of the molecule is Cc1ccc(CC(=O)Nc2ccc(-c3ccc(N4CCN(C)CC4)nn3)cc2)cc1. The summed E-state index contributed by atoms with van der Waals surface area (Å²) < 4.78 is 0. The second kappa shape index (κ2) is 9.05. The number of carbonyl (C=O) groups is 1. The fourth-order valence-electron chi connectivity index (χ4n) is 3.50. The number of likely N-dealkylation sites (N-methyl/N-ethyl adjacent to an activating group) is 1. The van der Waals surface area contributed by atoms with Gasteiger partial charge < -0.3 is 15.1 Å². The lowest BCUT2D eigenvalue weighted by Gasteiger charge is -2.32. The number of amides is 1. The van der Waals surface area contributed by atoms with E-state index < -0.39 is 0 Å². The van der Waals surface area contributed by atoms with Gasteiger partial charge in [0.1, 0.15) is 0 Å². The van der Waals surface area contributed by atoms with Crippen LogP contribution in [0.1, 0.15) is 11.1 Å². The molecule has 0 radical (unpaired) electrons. The molecular formula is C24H27N5O. The van der Waals surface area contributed by atoms with Gasteiger partial charge in [0.05, 0.1) is 12.1 Å². The lowest BCUT2D eigenvalue weighted by molar-refractivity contribution is -0.115. The quantitative estimate of drug-likeness (QED) is 0.710. The molecule has 1 N–H and O–H groups in total. The smallest absolute Gasteiger partial charge is 0.228 e. The molecule has 0 saturated carbocycles. The highest BCUT2D eigenvalue weighted by molar-refractivity contribution is 5.92. The minimum atomic E-state index is -0.0251. The van der Waals surface area contributed by atoms with Crippen LogP contribution in [0.25, 0.3) is 11.3 Å². The second-order valence-corrected chi connectivity index (χ2v) is 7.85. The molecule has 6 heteroatoms. The van der Waals surface area contributed by atoms with Crippen molar-refractivity contribution in [1.29, 1.82) is 0 Å². The van der Waals surface area contributed by atoms with Gasteiger partial charge in [-0.3, -0.25) is 4.79 Å². The van der Waals surface area contributed by atoms with E-state index in [4.69, 9.17) is 0 Å². The molecule has 1 amide bonds. The van der Waals surface area contributed by atoms with E-state index in [1.54, 1.807) is 0 Å². The summed E-state index contributed by atoms with van der Waals surface area (Å²) in [5, 5.41) is 11.8. The molecule has 0 unspecified atom stereocenters. The Kier molecular flexibility index (Phi) is 6.05. The van der Waals surface area contributed by atoms with Crippen molar-refractivity contribution in [1.82, 2.24) is 15.1 Å². The Morgan fingerprint density at radius 1 is 0.900 bits per heavy atom. The van der Waals surface area contributed by atoms with E-state index in [9.17, 15) is 4.79 Å². The third kappa shape index (κ3) is 5.02. The molecule has 154 valence electrons. The standard InChI is InChI=1S/C24H27N5O/c1-18-3-5-19(6-4-18)17-24(30)25-21-9-7-20(8-10-21)22-11-12-23(27-26-22)29-15-13-28(2)14-16-29/h3-12H,13-17H2,1-2H3,(H,25,30). The number of aromatic nitrogens is 2. The Morgan fingerprint density at radius 2 is 1.60 bits per heavy atom. The number of carbonyl (C=O) groups excluding carboxylic acids is 1. The van der Waals surface area contributed by atoms with Gasteiger partial charge in [-0.2, -0.15) is 0 Å². The van der Waals surface area contributed by atoms with Gasteiger partial charge in [-0.25, -0.2) is 0 Å². The van der Waals surface area contributed by atoms with Crippen molar-refractivity contribution in [3.8, 4) is 11.3 Å². The van der Waals surface area contributed by atoms with E-state index in [0.29, 0.717) is 6.42 Å². The van der Waals surface area contributed by atoms with E-state index >= 15 is 0 Å². The van der Waals surface area contributed by atoms with Gasteiger partial charge in [-0.15, -0.1) is 10.2 Å². The molecule has 2 heterocycles. The second-order valence-electron chi connectivity index (χ2n) is 7.85. The molecule has 4 rings (SSSR count). The summed E-state index contributed by atoms with van der Waals surface area (Å²) in [7, 11) is 2.14. The van der Waals surface area contributed by atoms with Crippen LogP contribution in [-0.2, 0) is 11.2 Å². The lowest BCUT2D eigenvalue weighted by atomic mass is 10.1. The maximum atomic E-state index is 12.3. The zero-order valence-electron chi connectivity index (χ0n) is 17.5. The molecule has 3 aromatic rings. The van der Waals surface area contributed by atoms with Crippen LogP contribution < -0.4 is 10.2 Å². The van der Waals surface area contributed by atoms with Crippen LogP contribution in [0.4, 0.5) is 11.5 Å². The fourth-order valence-corrected chi connectivity index (χ4v) is 3.50. The Labute approximate surface area is 177 Å². The largest absolute Gasteiger partial charge is 0.353 e.